The quantitative estimate of drug-likeness (QED) is 0.732. The third-order valence-corrected chi connectivity index (χ3v) is 7.62. The number of aliphatic hydroxyl groups excluding tert-OH is 1. The minimum atomic E-state index is -0.0328. The van der Waals surface area contributed by atoms with Crippen LogP contribution in [0.4, 0.5) is 0 Å². The normalized spacial score (nSPS) is 54.8. The molecule has 0 saturated heterocycles. The van der Waals surface area contributed by atoms with Crippen molar-refractivity contribution in [3.63, 3.8) is 0 Å². The molecular formula is C17H30O. The summed E-state index contributed by atoms with van der Waals surface area (Å²) in [6, 6.07) is 0. The molecule has 1 nitrogen and oxygen atoms in total. The second-order valence-corrected chi connectivity index (χ2v) is 8.57. The van der Waals surface area contributed by atoms with Crippen LogP contribution in [0.1, 0.15) is 72.6 Å². The first-order valence-corrected chi connectivity index (χ1v) is 7.98. The van der Waals surface area contributed by atoms with Crippen LogP contribution in [0.5, 0.6) is 0 Å². The van der Waals surface area contributed by atoms with E-state index in [9.17, 15) is 5.11 Å². The molecule has 3 saturated carbocycles. The summed E-state index contributed by atoms with van der Waals surface area (Å²) < 4.78 is 0. The molecule has 1 N–H and O–H groups in total. The lowest BCUT2D eigenvalue weighted by Crippen LogP contribution is -2.44. The molecule has 5 atom stereocenters. The average molecular weight is 250 g/mol. The van der Waals surface area contributed by atoms with E-state index in [0.29, 0.717) is 16.2 Å². The number of fused-ring (bicyclic) bond motifs is 2. The van der Waals surface area contributed by atoms with E-state index in [4.69, 9.17) is 0 Å². The Morgan fingerprint density at radius 3 is 2.22 bits per heavy atom. The van der Waals surface area contributed by atoms with E-state index in [1.54, 1.807) is 0 Å². The highest BCUT2D eigenvalue weighted by Gasteiger charge is 2.64. The van der Waals surface area contributed by atoms with Gasteiger partial charge in [-0.15, -0.1) is 0 Å². The lowest BCUT2D eigenvalue weighted by Gasteiger charge is -2.50. The first-order chi connectivity index (χ1) is 8.30. The Hall–Kier alpha value is -0.0400. The van der Waals surface area contributed by atoms with Crippen molar-refractivity contribution in [2.24, 2.45) is 28.1 Å². The number of hydrogen-bond donors (Lipinski definition) is 1. The average Bonchev–Trinajstić information content (AvgIpc) is 2.60. The Labute approximate surface area is 112 Å². The second kappa shape index (κ2) is 3.75. The second-order valence-electron chi connectivity index (χ2n) is 8.57. The Kier molecular flexibility index (Phi) is 2.70. The molecule has 3 fully saturated rings. The molecule has 0 radical (unpaired) electrons. The predicted molar refractivity (Wildman–Crippen MR) is 75.3 cm³/mol. The molecule has 0 amide bonds. The van der Waals surface area contributed by atoms with E-state index in [-0.39, 0.29) is 6.10 Å². The minimum Gasteiger partial charge on any atom is -0.393 e. The smallest absolute Gasteiger partial charge is 0.0545 e. The number of rotatable bonds is 1. The van der Waals surface area contributed by atoms with E-state index in [1.165, 1.54) is 32.1 Å². The van der Waals surface area contributed by atoms with Crippen molar-refractivity contribution in [3.8, 4) is 0 Å². The van der Waals surface area contributed by atoms with Gasteiger partial charge in [0.2, 0.25) is 0 Å². The molecule has 0 heterocycles. The summed E-state index contributed by atoms with van der Waals surface area (Å²) >= 11 is 0. The van der Waals surface area contributed by atoms with Gasteiger partial charge in [0.15, 0.2) is 0 Å². The van der Waals surface area contributed by atoms with E-state index >= 15 is 0 Å². The van der Waals surface area contributed by atoms with Crippen LogP contribution in [0.15, 0.2) is 0 Å². The third-order valence-electron chi connectivity index (χ3n) is 7.62. The molecule has 3 rings (SSSR count). The van der Waals surface area contributed by atoms with E-state index in [2.05, 4.69) is 27.7 Å². The zero-order chi connectivity index (χ0) is 13.2. The number of hydrogen-bond acceptors (Lipinski definition) is 1. The molecule has 1 heteroatoms. The van der Waals surface area contributed by atoms with Crippen LogP contribution in [0.3, 0.4) is 0 Å². The summed E-state index contributed by atoms with van der Waals surface area (Å²) in [6.07, 6.45) is 8.91. The lowest BCUT2D eigenvalue weighted by molar-refractivity contribution is -0.0414. The highest BCUT2D eigenvalue weighted by molar-refractivity contribution is 5.13. The zero-order valence-electron chi connectivity index (χ0n) is 12.6. The van der Waals surface area contributed by atoms with Gasteiger partial charge in [-0.05, 0) is 66.6 Å². The van der Waals surface area contributed by atoms with Gasteiger partial charge in [-0.1, -0.05) is 34.1 Å². The molecule has 104 valence electrons. The molecule has 0 aliphatic heterocycles. The molecule has 2 unspecified atom stereocenters. The Morgan fingerprint density at radius 2 is 1.72 bits per heavy atom. The Bertz CT molecular complexity index is 348. The fourth-order valence-corrected chi connectivity index (χ4v) is 6.06. The van der Waals surface area contributed by atoms with Crippen molar-refractivity contribution in [3.05, 3.63) is 0 Å². The SMILES string of the molecule is CC1([C@H]2C[C@@H]3CC[C@@]2(C)C3(C)C)CCCC(O)C1. The third kappa shape index (κ3) is 1.49. The van der Waals surface area contributed by atoms with E-state index < -0.39 is 0 Å². The summed E-state index contributed by atoms with van der Waals surface area (Å²) in [5, 5.41) is 10.1. The van der Waals surface area contributed by atoms with Crippen molar-refractivity contribution >= 4 is 0 Å². The molecule has 0 spiro atoms. The largest absolute Gasteiger partial charge is 0.393 e. The van der Waals surface area contributed by atoms with Gasteiger partial charge in [0, 0.05) is 0 Å². The van der Waals surface area contributed by atoms with Crippen LogP contribution >= 0.6 is 0 Å². The zero-order valence-corrected chi connectivity index (χ0v) is 12.6. The first-order valence-electron chi connectivity index (χ1n) is 7.98. The first kappa shape index (κ1) is 13.0. The highest BCUT2D eigenvalue weighted by Crippen LogP contribution is 2.72. The maximum absolute atomic E-state index is 10.1. The fourth-order valence-electron chi connectivity index (χ4n) is 6.06. The van der Waals surface area contributed by atoms with Gasteiger partial charge >= 0.3 is 0 Å². The van der Waals surface area contributed by atoms with Crippen LogP contribution in [-0.4, -0.2) is 11.2 Å². The topological polar surface area (TPSA) is 20.2 Å². The molecule has 3 aliphatic rings. The fraction of sp³-hybridized carbons (Fsp3) is 1.00. The van der Waals surface area contributed by atoms with Crippen LogP contribution in [0, 0.1) is 28.1 Å². The molecule has 3 aliphatic carbocycles. The molecule has 18 heavy (non-hydrogen) atoms. The maximum Gasteiger partial charge on any atom is 0.0545 e. The van der Waals surface area contributed by atoms with Gasteiger partial charge in [0.25, 0.3) is 0 Å². The van der Waals surface area contributed by atoms with Crippen LogP contribution in [-0.2, 0) is 0 Å². The van der Waals surface area contributed by atoms with Gasteiger partial charge in [-0.25, -0.2) is 0 Å². The molecular weight excluding hydrogens is 220 g/mol. The lowest BCUT2D eigenvalue weighted by atomic mass is 9.55. The van der Waals surface area contributed by atoms with E-state index in [1.807, 2.05) is 0 Å². The minimum absolute atomic E-state index is 0.0328. The summed E-state index contributed by atoms with van der Waals surface area (Å²) in [5.41, 5.74) is 1.44. The molecule has 0 aromatic heterocycles. The predicted octanol–water partition coefficient (Wildman–Crippen LogP) is 4.39. The van der Waals surface area contributed by atoms with Crippen molar-refractivity contribution in [1.82, 2.24) is 0 Å². The van der Waals surface area contributed by atoms with Crippen molar-refractivity contribution in [2.75, 3.05) is 0 Å². The van der Waals surface area contributed by atoms with Crippen LogP contribution in [0.25, 0.3) is 0 Å². The summed E-state index contributed by atoms with van der Waals surface area (Å²) in [7, 11) is 0. The molecule has 0 aromatic rings. The molecule has 0 aromatic carbocycles. The Morgan fingerprint density at radius 1 is 1.00 bits per heavy atom. The summed E-state index contributed by atoms with van der Waals surface area (Å²) in [5.74, 6) is 1.78. The highest BCUT2D eigenvalue weighted by atomic mass is 16.3. The molecule has 2 bridgehead atoms. The van der Waals surface area contributed by atoms with Gasteiger partial charge in [0.05, 0.1) is 6.10 Å². The maximum atomic E-state index is 10.1. The summed E-state index contributed by atoms with van der Waals surface area (Å²) in [6.45, 7) is 10.0. The monoisotopic (exact) mass is 250 g/mol. The van der Waals surface area contributed by atoms with Gasteiger partial charge in [-0.2, -0.15) is 0 Å². The van der Waals surface area contributed by atoms with Crippen LogP contribution < -0.4 is 0 Å². The van der Waals surface area contributed by atoms with Gasteiger partial charge in [0.1, 0.15) is 0 Å². The van der Waals surface area contributed by atoms with Crippen LogP contribution in [0.2, 0.25) is 0 Å². The van der Waals surface area contributed by atoms with E-state index in [0.717, 1.165) is 24.7 Å². The summed E-state index contributed by atoms with van der Waals surface area (Å²) in [4.78, 5) is 0. The van der Waals surface area contributed by atoms with Crippen molar-refractivity contribution < 1.29 is 5.11 Å². The Balaban J connectivity index is 1.90. The van der Waals surface area contributed by atoms with Gasteiger partial charge in [-0.3, -0.25) is 0 Å². The van der Waals surface area contributed by atoms with Gasteiger partial charge < -0.3 is 5.11 Å². The number of aliphatic hydroxyl groups is 1. The van der Waals surface area contributed by atoms with Crippen molar-refractivity contribution in [2.45, 2.75) is 78.7 Å². The standard InChI is InChI=1S/C17H30O/c1-15(2)12-7-9-17(15,4)14(10-12)16(3)8-5-6-13(18)11-16/h12-14,18H,5-11H2,1-4H3/t12-,13?,14+,16?,17+/m0/s1. The van der Waals surface area contributed by atoms with Crippen molar-refractivity contribution in [1.29, 1.82) is 0 Å².